The first-order valence-electron chi connectivity index (χ1n) is 5.35. The molecule has 2 aromatic rings. The summed E-state index contributed by atoms with van der Waals surface area (Å²) < 4.78 is 18.7. The summed E-state index contributed by atoms with van der Waals surface area (Å²) >= 11 is 11.4. The molecule has 0 aliphatic rings. The molecule has 1 heterocycles. The predicted molar refractivity (Wildman–Crippen MR) is 70.7 cm³/mol. The number of ether oxygens (including phenoxy) is 1. The molecule has 19 heavy (non-hydrogen) atoms. The van der Waals surface area contributed by atoms with Crippen LogP contribution in [0.1, 0.15) is 6.92 Å². The fourth-order valence-corrected chi connectivity index (χ4v) is 1.60. The van der Waals surface area contributed by atoms with Crippen molar-refractivity contribution in [1.82, 2.24) is 15.0 Å². The van der Waals surface area contributed by atoms with Gasteiger partial charge < -0.3 is 10.1 Å². The minimum Gasteiger partial charge on any atom is -0.464 e. The number of nitrogens with zero attached hydrogens (tertiary/aromatic N) is 3. The van der Waals surface area contributed by atoms with Crippen LogP contribution in [0.3, 0.4) is 0 Å². The molecule has 0 saturated carbocycles. The van der Waals surface area contributed by atoms with Gasteiger partial charge in [-0.25, -0.2) is 4.39 Å². The highest BCUT2D eigenvalue weighted by atomic mass is 35.5. The molecule has 8 heteroatoms. The summed E-state index contributed by atoms with van der Waals surface area (Å²) in [6.07, 6.45) is 0. The Kier molecular flexibility index (Phi) is 4.34. The molecule has 0 fully saturated rings. The van der Waals surface area contributed by atoms with Gasteiger partial charge in [0.2, 0.25) is 11.2 Å². The predicted octanol–water partition coefficient (Wildman–Crippen LogP) is 3.46. The van der Waals surface area contributed by atoms with Gasteiger partial charge in [0.15, 0.2) is 0 Å². The smallest absolute Gasteiger partial charge is 0.322 e. The molecule has 0 aliphatic carbocycles. The Hall–Kier alpha value is -1.66. The molecule has 0 radical (unpaired) electrons. The van der Waals surface area contributed by atoms with Crippen LogP contribution in [0, 0.1) is 5.82 Å². The largest absolute Gasteiger partial charge is 0.464 e. The number of hydrogen-bond donors (Lipinski definition) is 1. The number of rotatable bonds is 4. The second-order valence-corrected chi connectivity index (χ2v) is 4.17. The maximum atomic E-state index is 13.6. The van der Waals surface area contributed by atoms with Crippen molar-refractivity contribution < 1.29 is 9.13 Å². The number of aromatic nitrogens is 3. The van der Waals surface area contributed by atoms with Gasteiger partial charge in [0.1, 0.15) is 5.82 Å². The molecule has 1 aromatic carbocycles. The van der Waals surface area contributed by atoms with E-state index in [4.69, 9.17) is 27.9 Å². The Morgan fingerprint density at radius 2 is 2.05 bits per heavy atom. The molecule has 0 atom stereocenters. The zero-order chi connectivity index (χ0) is 13.8. The molecule has 0 bridgehead atoms. The summed E-state index contributed by atoms with van der Waals surface area (Å²) in [7, 11) is 0. The molecular formula is C11H9Cl2FN4O. The van der Waals surface area contributed by atoms with Gasteiger partial charge in [-0.1, -0.05) is 11.6 Å². The monoisotopic (exact) mass is 302 g/mol. The number of benzene rings is 1. The van der Waals surface area contributed by atoms with Crippen molar-refractivity contribution in [2.75, 3.05) is 11.9 Å². The van der Waals surface area contributed by atoms with Crippen LogP contribution in [0.15, 0.2) is 18.2 Å². The molecule has 0 aliphatic heterocycles. The van der Waals surface area contributed by atoms with Crippen molar-refractivity contribution in [2.45, 2.75) is 6.92 Å². The zero-order valence-electron chi connectivity index (χ0n) is 9.82. The van der Waals surface area contributed by atoms with E-state index < -0.39 is 5.82 Å². The maximum Gasteiger partial charge on any atom is 0.322 e. The standard InChI is InChI=1S/C11H9Cl2FN4O/c1-2-19-11-17-9(13)16-10(18-11)15-8-4-3-6(12)5-7(8)14/h3-5H,2H2,1H3,(H,15,16,17,18). The third-order valence-corrected chi connectivity index (χ3v) is 2.44. The van der Waals surface area contributed by atoms with Crippen LogP contribution >= 0.6 is 23.2 Å². The van der Waals surface area contributed by atoms with Crippen molar-refractivity contribution in [2.24, 2.45) is 0 Å². The average Bonchev–Trinajstić information content (AvgIpc) is 2.32. The highest BCUT2D eigenvalue weighted by Crippen LogP contribution is 2.22. The fourth-order valence-electron chi connectivity index (χ4n) is 1.29. The number of anilines is 2. The normalized spacial score (nSPS) is 10.3. The van der Waals surface area contributed by atoms with E-state index in [9.17, 15) is 4.39 Å². The second-order valence-electron chi connectivity index (χ2n) is 3.39. The lowest BCUT2D eigenvalue weighted by atomic mass is 10.3. The van der Waals surface area contributed by atoms with Crippen LogP contribution in [-0.4, -0.2) is 21.6 Å². The van der Waals surface area contributed by atoms with E-state index in [1.165, 1.54) is 12.1 Å². The number of nitrogens with one attached hydrogen (secondary N) is 1. The second kappa shape index (κ2) is 5.99. The van der Waals surface area contributed by atoms with E-state index in [1.54, 1.807) is 13.0 Å². The summed E-state index contributed by atoms with van der Waals surface area (Å²) in [4.78, 5) is 11.5. The molecule has 1 N–H and O–H groups in total. The first-order valence-corrected chi connectivity index (χ1v) is 6.10. The first kappa shape index (κ1) is 13.8. The summed E-state index contributed by atoms with van der Waals surface area (Å²) in [6, 6.07) is 4.25. The molecule has 100 valence electrons. The summed E-state index contributed by atoms with van der Waals surface area (Å²) in [6.45, 7) is 2.17. The van der Waals surface area contributed by atoms with Crippen molar-refractivity contribution in [3.8, 4) is 6.01 Å². The quantitative estimate of drug-likeness (QED) is 0.937. The van der Waals surface area contributed by atoms with Gasteiger partial charge in [0.05, 0.1) is 12.3 Å². The van der Waals surface area contributed by atoms with E-state index in [2.05, 4.69) is 20.3 Å². The van der Waals surface area contributed by atoms with Crippen molar-refractivity contribution in [3.63, 3.8) is 0 Å². The van der Waals surface area contributed by atoms with Crippen LogP contribution in [0.25, 0.3) is 0 Å². The Bertz CT molecular complexity index is 597. The molecule has 0 saturated heterocycles. The van der Waals surface area contributed by atoms with Crippen molar-refractivity contribution in [3.05, 3.63) is 34.3 Å². The Morgan fingerprint density at radius 3 is 2.74 bits per heavy atom. The van der Waals surface area contributed by atoms with Gasteiger partial charge in [-0.3, -0.25) is 0 Å². The van der Waals surface area contributed by atoms with E-state index in [0.29, 0.717) is 11.6 Å². The molecule has 0 spiro atoms. The minimum atomic E-state index is -0.526. The Balaban J connectivity index is 2.27. The Morgan fingerprint density at radius 1 is 1.26 bits per heavy atom. The van der Waals surface area contributed by atoms with E-state index in [-0.39, 0.29) is 22.9 Å². The van der Waals surface area contributed by atoms with E-state index in [1.807, 2.05) is 0 Å². The Labute approximate surface area is 118 Å². The highest BCUT2D eigenvalue weighted by molar-refractivity contribution is 6.30. The number of halogens is 3. The third-order valence-electron chi connectivity index (χ3n) is 2.04. The lowest BCUT2D eigenvalue weighted by Gasteiger charge is -2.07. The SMILES string of the molecule is CCOc1nc(Cl)nc(Nc2ccc(Cl)cc2F)n1. The molecule has 1 aromatic heterocycles. The fraction of sp³-hybridized carbons (Fsp3) is 0.182. The van der Waals surface area contributed by atoms with Crippen LogP contribution in [0.2, 0.25) is 10.3 Å². The van der Waals surface area contributed by atoms with Crippen LogP contribution < -0.4 is 10.1 Å². The van der Waals surface area contributed by atoms with Crippen LogP contribution in [-0.2, 0) is 0 Å². The van der Waals surface area contributed by atoms with Gasteiger partial charge in [0.25, 0.3) is 0 Å². The van der Waals surface area contributed by atoms with Crippen molar-refractivity contribution >= 4 is 34.8 Å². The minimum absolute atomic E-state index is 0.0460. The topological polar surface area (TPSA) is 59.9 Å². The highest BCUT2D eigenvalue weighted by Gasteiger charge is 2.09. The average molecular weight is 303 g/mol. The lowest BCUT2D eigenvalue weighted by molar-refractivity contribution is 0.312. The van der Waals surface area contributed by atoms with Gasteiger partial charge in [-0.05, 0) is 36.7 Å². The maximum absolute atomic E-state index is 13.6. The van der Waals surface area contributed by atoms with Gasteiger partial charge >= 0.3 is 6.01 Å². The van der Waals surface area contributed by atoms with E-state index >= 15 is 0 Å². The van der Waals surface area contributed by atoms with Gasteiger partial charge in [-0.15, -0.1) is 0 Å². The number of hydrogen-bond acceptors (Lipinski definition) is 5. The van der Waals surface area contributed by atoms with Gasteiger partial charge in [-0.2, -0.15) is 15.0 Å². The zero-order valence-corrected chi connectivity index (χ0v) is 11.3. The van der Waals surface area contributed by atoms with E-state index in [0.717, 1.165) is 0 Å². The summed E-state index contributed by atoms with van der Waals surface area (Å²) in [5.74, 6) is -0.438. The van der Waals surface area contributed by atoms with Crippen LogP contribution in [0.5, 0.6) is 6.01 Å². The molecular weight excluding hydrogens is 294 g/mol. The molecule has 0 unspecified atom stereocenters. The third kappa shape index (κ3) is 3.65. The summed E-state index contributed by atoms with van der Waals surface area (Å²) in [5.41, 5.74) is 0.175. The van der Waals surface area contributed by atoms with Crippen molar-refractivity contribution in [1.29, 1.82) is 0 Å². The van der Waals surface area contributed by atoms with Gasteiger partial charge in [0, 0.05) is 5.02 Å². The van der Waals surface area contributed by atoms with Crippen LogP contribution in [0.4, 0.5) is 16.0 Å². The molecule has 2 rings (SSSR count). The lowest BCUT2D eigenvalue weighted by Crippen LogP contribution is -2.04. The summed E-state index contributed by atoms with van der Waals surface area (Å²) in [5, 5.41) is 2.93. The first-order chi connectivity index (χ1) is 9.08. The molecule has 0 amide bonds. The molecule has 5 nitrogen and oxygen atoms in total.